The van der Waals surface area contributed by atoms with E-state index in [4.69, 9.17) is 4.84 Å². The molecule has 9 heteroatoms. The Balaban J connectivity index is 2.33. The third-order valence-electron chi connectivity index (χ3n) is 3.57. The molecule has 2 aromatic rings. The number of hydrogen-bond donors (Lipinski definition) is 1. The third-order valence-corrected chi connectivity index (χ3v) is 5.25. The SMILES string of the molecule is COC(=O)c1ccccc1NC(=O)c1cccc(S(=O)(=O)N(C)OC)c1. The number of carbonyl (C=O) groups is 2. The molecule has 0 fully saturated rings. The standard InChI is InChI=1S/C17H18N2O6S/c1-19(25-3)26(22,23)13-8-6-7-12(11-13)16(20)18-15-10-5-4-9-14(15)17(21)24-2/h4-11H,1-3H3,(H,18,20). The van der Waals surface area contributed by atoms with Crippen LogP contribution in [0.1, 0.15) is 20.7 Å². The summed E-state index contributed by atoms with van der Waals surface area (Å²) < 4.78 is 29.9. The van der Waals surface area contributed by atoms with Crippen LogP contribution in [0.2, 0.25) is 0 Å². The van der Waals surface area contributed by atoms with Crippen molar-refractivity contribution in [1.29, 1.82) is 0 Å². The lowest BCUT2D eigenvalue weighted by Gasteiger charge is -2.15. The molecule has 26 heavy (non-hydrogen) atoms. The lowest BCUT2D eigenvalue weighted by atomic mass is 10.1. The summed E-state index contributed by atoms with van der Waals surface area (Å²) in [6, 6.07) is 11.8. The Morgan fingerprint density at radius 2 is 1.73 bits per heavy atom. The van der Waals surface area contributed by atoms with Gasteiger partial charge in [0.1, 0.15) is 0 Å². The molecule has 0 radical (unpaired) electrons. The molecule has 138 valence electrons. The van der Waals surface area contributed by atoms with E-state index < -0.39 is 21.9 Å². The number of hydroxylamine groups is 1. The van der Waals surface area contributed by atoms with Crippen LogP contribution in [0.5, 0.6) is 0 Å². The zero-order chi connectivity index (χ0) is 19.3. The minimum Gasteiger partial charge on any atom is -0.465 e. The predicted molar refractivity (Wildman–Crippen MR) is 94.1 cm³/mol. The molecular formula is C17H18N2O6S. The van der Waals surface area contributed by atoms with Crippen LogP contribution in [0, 0.1) is 0 Å². The van der Waals surface area contributed by atoms with E-state index in [9.17, 15) is 18.0 Å². The molecule has 0 saturated carbocycles. The summed E-state index contributed by atoms with van der Waals surface area (Å²) in [6.45, 7) is 0. The van der Waals surface area contributed by atoms with Gasteiger partial charge in [-0.2, -0.15) is 0 Å². The second-order valence-electron chi connectivity index (χ2n) is 5.12. The van der Waals surface area contributed by atoms with E-state index in [1.165, 1.54) is 51.6 Å². The van der Waals surface area contributed by atoms with Crippen molar-refractivity contribution in [1.82, 2.24) is 4.47 Å². The topological polar surface area (TPSA) is 102 Å². The average molecular weight is 378 g/mol. The normalized spacial score (nSPS) is 11.2. The van der Waals surface area contributed by atoms with Crippen LogP contribution in [0.25, 0.3) is 0 Å². The molecule has 0 spiro atoms. The Kier molecular flexibility index (Phi) is 6.09. The Morgan fingerprint density at radius 3 is 2.38 bits per heavy atom. The number of sulfonamides is 1. The monoisotopic (exact) mass is 378 g/mol. The molecule has 8 nitrogen and oxygen atoms in total. The maximum absolute atomic E-state index is 12.5. The van der Waals surface area contributed by atoms with E-state index in [1.807, 2.05) is 0 Å². The maximum atomic E-state index is 12.5. The number of rotatable bonds is 6. The van der Waals surface area contributed by atoms with E-state index in [-0.39, 0.29) is 21.7 Å². The van der Waals surface area contributed by atoms with Gasteiger partial charge in [-0.1, -0.05) is 22.7 Å². The van der Waals surface area contributed by atoms with E-state index in [1.54, 1.807) is 18.2 Å². The van der Waals surface area contributed by atoms with Crippen LogP contribution in [0.4, 0.5) is 5.69 Å². The van der Waals surface area contributed by atoms with E-state index in [0.717, 1.165) is 0 Å². The van der Waals surface area contributed by atoms with Crippen molar-refractivity contribution < 1.29 is 27.6 Å². The fourth-order valence-electron chi connectivity index (χ4n) is 2.12. The summed E-state index contributed by atoms with van der Waals surface area (Å²) in [6.07, 6.45) is 0. The Labute approximate surface area is 151 Å². The fraction of sp³-hybridized carbons (Fsp3) is 0.176. The molecule has 2 rings (SSSR count). The highest BCUT2D eigenvalue weighted by Gasteiger charge is 2.22. The van der Waals surface area contributed by atoms with E-state index >= 15 is 0 Å². The van der Waals surface area contributed by atoms with E-state index in [2.05, 4.69) is 10.1 Å². The highest BCUT2D eigenvalue weighted by molar-refractivity contribution is 7.89. The molecule has 1 N–H and O–H groups in total. The maximum Gasteiger partial charge on any atom is 0.339 e. The lowest BCUT2D eigenvalue weighted by Crippen LogP contribution is -2.26. The van der Waals surface area contributed by atoms with Crippen molar-refractivity contribution in [3.05, 3.63) is 59.7 Å². The van der Waals surface area contributed by atoms with Crippen LogP contribution in [-0.4, -0.2) is 46.0 Å². The number of hydrogen-bond acceptors (Lipinski definition) is 6. The van der Waals surface area contributed by atoms with Crippen molar-refractivity contribution in [3.8, 4) is 0 Å². The van der Waals surface area contributed by atoms with Crippen molar-refractivity contribution in [2.75, 3.05) is 26.6 Å². The Hall–Kier alpha value is -2.75. The molecule has 0 aliphatic carbocycles. The summed E-state index contributed by atoms with van der Waals surface area (Å²) in [7, 11) is -0.184. The minimum absolute atomic E-state index is 0.101. The highest BCUT2D eigenvalue weighted by atomic mass is 32.2. The molecule has 2 aromatic carbocycles. The molecule has 0 aliphatic rings. The Morgan fingerprint density at radius 1 is 1.04 bits per heavy atom. The minimum atomic E-state index is -3.89. The first kappa shape index (κ1) is 19.6. The van der Waals surface area contributed by atoms with Crippen molar-refractivity contribution >= 4 is 27.6 Å². The van der Waals surface area contributed by atoms with Crippen LogP contribution in [-0.2, 0) is 19.6 Å². The first-order valence-corrected chi connectivity index (χ1v) is 8.87. The lowest BCUT2D eigenvalue weighted by molar-refractivity contribution is -0.0258. The van der Waals surface area contributed by atoms with E-state index in [0.29, 0.717) is 4.47 Å². The first-order valence-electron chi connectivity index (χ1n) is 7.43. The summed E-state index contributed by atoms with van der Waals surface area (Å²) in [4.78, 5) is 28.9. The van der Waals surface area contributed by atoms with Gasteiger partial charge in [0.05, 0.1) is 30.4 Å². The molecule has 0 bridgehead atoms. The number of methoxy groups -OCH3 is 1. The number of esters is 1. The van der Waals surface area contributed by atoms with Crippen molar-refractivity contribution in [2.45, 2.75) is 4.90 Å². The van der Waals surface area contributed by atoms with Gasteiger partial charge in [0, 0.05) is 12.6 Å². The number of benzene rings is 2. The number of nitrogens with one attached hydrogen (secondary N) is 1. The number of nitrogens with zero attached hydrogens (tertiary/aromatic N) is 1. The fourth-order valence-corrected chi connectivity index (χ4v) is 3.14. The summed E-state index contributed by atoms with van der Waals surface area (Å²) in [5.74, 6) is -1.17. The number of ether oxygens (including phenoxy) is 1. The third kappa shape index (κ3) is 4.07. The van der Waals surface area contributed by atoms with Crippen LogP contribution < -0.4 is 5.32 Å². The van der Waals surface area contributed by atoms with Gasteiger partial charge < -0.3 is 10.1 Å². The highest BCUT2D eigenvalue weighted by Crippen LogP contribution is 2.19. The summed E-state index contributed by atoms with van der Waals surface area (Å²) in [5.41, 5.74) is 0.549. The summed E-state index contributed by atoms with van der Waals surface area (Å²) in [5, 5.41) is 2.58. The molecule has 0 aliphatic heterocycles. The van der Waals surface area contributed by atoms with Gasteiger partial charge in [-0.15, -0.1) is 0 Å². The quantitative estimate of drug-likeness (QED) is 0.608. The van der Waals surface area contributed by atoms with Crippen LogP contribution in [0.3, 0.4) is 0 Å². The first-order chi connectivity index (χ1) is 12.3. The molecule has 0 unspecified atom stereocenters. The Bertz CT molecular complexity index is 926. The zero-order valence-corrected chi connectivity index (χ0v) is 15.2. The van der Waals surface area contributed by atoms with Gasteiger partial charge in [-0.25, -0.2) is 13.2 Å². The summed E-state index contributed by atoms with van der Waals surface area (Å²) >= 11 is 0. The van der Waals surface area contributed by atoms with Crippen LogP contribution >= 0.6 is 0 Å². The van der Waals surface area contributed by atoms with Crippen molar-refractivity contribution in [2.24, 2.45) is 0 Å². The van der Waals surface area contributed by atoms with Gasteiger partial charge in [-0.3, -0.25) is 9.63 Å². The number of amides is 1. The van der Waals surface area contributed by atoms with Gasteiger partial charge in [0.25, 0.3) is 15.9 Å². The van der Waals surface area contributed by atoms with Gasteiger partial charge in [0.2, 0.25) is 0 Å². The second kappa shape index (κ2) is 8.09. The predicted octanol–water partition coefficient (Wildman–Crippen LogP) is 1.91. The molecule has 1 amide bonds. The molecule has 0 heterocycles. The average Bonchev–Trinajstić information content (AvgIpc) is 2.67. The molecule has 0 aromatic heterocycles. The number of para-hydroxylation sites is 1. The molecule has 0 atom stereocenters. The largest absolute Gasteiger partial charge is 0.465 e. The second-order valence-corrected chi connectivity index (χ2v) is 7.05. The molecule has 0 saturated heterocycles. The van der Waals surface area contributed by atoms with Gasteiger partial charge in [0.15, 0.2) is 0 Å². The van der Waals surface area contributed by atoms with Gasteiger partial charge >= 0.3 is 5.97 Å². The van der Waals surface area contributed by atoms with Crippen LogP contribution in [0.15, 0.2) is 53.4 Å². The zero-order valence-electron chi connectivity index (χ0n) is 14.4. The van der Waals surface area contributed by atoms with Gasteiger partial charge in [-0.05, 0) is 30.3 Å². The smallest absolute Gasteiger partial charge is 0.339 e. The number of anilines is 1. The molecular weight excluding hydrogens is 360 g/mol. The van der Waals surface area contributed by atoms with Crippen molar-refractivity contribution in [3.63, 3.8) is 0 Å². The number of carbonyl (C=O) groups excluding carboxylic acids is 2.